The maximum absolute atomic E-state index is 13.4. The van der Waals surface area contributed by atoms with Crippen LogP contribution in [0.4, 0.5) is 0 Å². The smallest absolute Gasteiger partial charge is 0.305 e. The summed E-state index contributed by atoms with van der Waals surface area (Å²) in [5.41, 5.74) is 2.78. The highest BCUT2D eigenvalue weighted by Gasteiger charge is 2.26. The Hall–Kier alpha value is -4.69. The monoisotopic (exact) mass is 626 g/mol. The third-order valence-electron chi connectivity index (χ3n) is 7.46. The highest BCUT2D eigenvalue weighted by atomic mass is 16.5. The van der Waals surface area contributed by atoms with Crippen LogP contribution in [0, 0.1) is 5.92 Å². The fourth-order valence-corrected chi connectivity index (χ4v) is 4.91. The third kappa shape index (κ3) is 13.1. The molecule has 3 atom stereocenters. The molecule has 0 aliphatic heterocycles. The molecule has 2 amide bonds. The van der Waals surface area contributed by atoms with Crippen molar-refractivity contribution in [3.8, 4) is 5.75 Å². The lowest BCUT2D eigenvalue weighted by molar-refractivity contribution is -0.145. The topological polar surface area (TPSA) is 114 Å². The van der Waals surface area contributed by atoms with Crippen LogP contribution < -0.4 is 15.4 Å². The lowest BCUT2D eigenvalue weighted by Gasteiger charge is -2.23. The molecule has 8 nitrogen and oxygen atoms in total. The highest BCUT2D eigenvalue weighted by Crippen LogP contribution is 2.19. The number of ether oxygens (including phenoxy) is 2. The molecule has 0 aliphatic carbocycles. The van der Waals surface area contributed by atoms with Gasteiger partial charge in [-0.2, -0.15) is 0 Å². The first-order valence-electron chi connectivity index (χ1n) is 15.8. The van der Waals surface area contributed by atoms with Gasteiger partial charge in [0.25, 0.3) is 0 Å². The van der Waals surface area contributed by atoms with E-state index in [9.17, 15) is 19.5 Å². The number of rotatable bonds is 21. The first-order chi connectivity index (χ1) is 22.4. The summed E-state index contributed by atoms with van der Waals surface area (Å²) in [6, 6.07) is 25.6. The minimum Gasteiger partial charge on any atom is -0.489 e. The number of carbonyl (C=O) groups is 3. The molecule has 0 aliphatic rings. The molecule has 0 saturated carbocycles. The van der Waals surface area contributed by atoms with Gasteiger partial charge in [0.1, 0.15) is 19.0 Å². The standard InChI is InChI=1S/C38H46N2O6/c1-3-5-6-13-19-37(43)46-28-35(31-17-11-8-12-18-31)40-38(44)32(14-4-2)25-36(42)39-33(26-41)24-29-20-22-34(23-21-29)45-27-30-15-9-7-10-16-30/h3-4,7-12,15-18,20-23,32-33,35,41H,1-2,5-6,13-14,19,24-28H2,(H,39,42)(H,40,44)/t32-,33+,35+/m1/s1. The Balaban J connectivity index is 1.54. The Morgan fingerprint density at radius 1 is 0.826 bits per heavy atom. The van der Waals surface area contributed by atoms with Gasteiger partial charge in [0.05, 0.1) is 24.6 Å². The van der Waals surface area contributed by atoms with E-state index in [4.69, 9.17) is 9.47 Å². The van der Waals surface area contributed by atoms with Crippen molar-refractivity contribution in [3.05, 3.63) is 127 Å². The van der Waals surface area contributed by atoms with Gasteiger partial charge in [-0.1, -0.05) is 84.9 Å². The number of benzene rings is 3. The molecule has 0 heterocycles. The normalized spacial score (nSPS) is 12.6. The van der Waals surface area contributed by atoms with Crippen LogP contribution >= 0.6 is 0 Å². The Kier molecular flexibility index (Phi) is 15.8. The molecule has 0 radical (unpaired) electrons. The molecular weight excluding hydrogens is 580 g/mol. The average molecular weight is 627 g/mol. The van der Waals surface area contributed by atoms with E-state index in [-0.39, 0.29) is 43.8 Å². The number of nitrogens with one attached hydrogen (secondary N) is 2. The van der Waals surface area contributed by atoms with Crippen molar-refractivity contribution in [3.63, 3.8) is 0 Å². The van der Waals surface area contributed by atoms with Gasteiger partial charge in [0, 0.05) is 12.8 Å². The summed E-state index contributed by atoms with van der Waals surface area (Å²) < 4.78 is 11.4. The molecule has 0 fully saturated rings. The van der Waals surface area contributed by atoms with Crippen LogP contribution in [0.1, 0.15) is 61.3 Å². The van der Waals surface area contributed by atoms with Crippen LogP contribution in [-0.2, 0) is 32.1 Å². The summed E-state index contributed by atoms with van der Waals surface area (Å²) in [5.74, 6) is -1.00. The van der Waals surface area contributed by atoms with Gasteiger partial charge in [0.15, 0.2) is 0 Å². The summed E-state index contributed by atoms with van der Waals surface area (Å²) >= 11 is 0. The lowest BCUT2D eigenvalue weighted by Crippen LogP contribution is -2.42. The number of carbonyl (C=O) groups excluding carboxylic acids is 3. The molecule has 0 aromatic heterocycles. The van der Waals surface area contributed by atoms with Gasteiger partial charge in [0.2, 0.25) is 11.8 Å². The molecular formula is C38H46N2O6. The fraction of sp³-hybridized carbons (Fsp3) is 0.342. The summed E-state index contributed by atoms with van der Waals surface area (Å²) in [4.78, 5) is 38.8. The van der Waals surface area contributed by atoms with Crippen LogP contribution in [0.2, 0.25) is 0 Å². The van der Waals surface area contributed by atoms with Crippen molar-refractivity contribution < 1.29 is 29.0 Å². The van der Waals surface area contributed by atoms with Crippen molar-refractivity contribution in [2.75, 3.05) is 13.2 Å². The molecule has 0 saturated heterocycles. The highest BCUT2D eigenvalue weighted by molar-refractivity contribution is 5.86. The quantitative estimate of drug-likeness (QED) is 0.0758. The Morgan fingerprint density at radius 2 is 1.52 bits per heavy atom. The van der Waals surface area contributed by atoms with E-state index in [1.165, 1.54) is 0 Å². The second kappa shape index (κ2) is 20.4. The number of hydrogen-bond acceptors (Lipinski definition) is 6. The van der Waals surface area contributed by atoms with Crippen LogP contribution in [-0.4, -0.2) is 42.1 Å². The van der Waals surface area contributed by atoms with Gasteiger partial charge in [-0.05, 0) is 60.9 Å². The molecule has 0 spiro atoms. The van der Waals surface area contributed by atoms with Crippen LogP contribution in [0.3, 0.4) is 0 Å². The van der Waals surface area contributed by atoms with E-state index in [0.29, 0.717) is 25.9 Å². The predicted octanol–water partition coefficient (Wildman–Crippen LogP) is 6.01. The minimum absolute atomic E-state index is 0.0221. The third-order valence-corrected chi connectivity index (χ3v) is 7.46. The zero-order chi connectivity index (χ0) is 33.0. The first kappa shape index (κ1) is 35.8. The summed E-state index contributed by atoms with van der Waals surface area (Å²) in [5, 5.41) is 15.8. The zero-order valence-electron chi connectivity index (χ0n) is 26.4. The second-order valence-electron chi connectivity index (χ2n) is 11.2. The molecule has 3 N–H and O–H groups in total. The minimum atomic E-state index is -0.696. The Labute approximate surface area is 272 Å². The summed E-state index contributed by atoms with van der Waals surface area (Å²) in [7, 11) is 0. The van der Waals surface area contributed by atoms with E-state index in [2.05, 4.69) is 23.8 Å². The zero-order valence-corrected chi connectivity index (χ0v) is 26.4. The Morgan fingerprint density at radius 3 is 2.17 bits per heavy atom. The van der Waals surface area contributed by atoms with E-state index < -0.39 is 18.0 Å². The number of aliphatic hydroxyl groups is 1. The van der Waals surface area contributed by atoms with Crippen molar-refractivity contribution in [2.24, 2.45) is 5.92 Å². The average Bonchev–Trinajstić information content (AvgIpc) is 3.08. The predicted molar refractivity (Wildman–Crippen MR) is 180 cm³/mol. The molecule has 46 heavy (non-hydrogen) atoms. The first-order valence-corrected chi connectivity index (χ1v) is 15.8. The van der Waals surface area contributed by atoms with Gasteiger partial charge < -0.3 is 25.2 Å². The van der Waals surface area contributed by atoms with Gasteiger partial charge in [-0.25, -0.2) is 0 Å². The number of hydrogen-bond donors (Lipinski definition) is 3. The number of allylic oxidation sites excluding steroid dienone is 2. The van der Waals surface area contributed by atoms with E-state index >= 15 is 0 Å². The maximum Gasteiger partial charge on any atom is 0.305 e. The molecule has 8 heteroatoms. The SMILES string of the molecule is C=CCCCCC(=O)OC[C@H](NC(=O)[C@H](CC=C)CC(=O)N[C@H](CO)Cc1ccc(OCc2ccccc2)cc1)c1ccccc1. The van der Waals surface area contributed by atoms with Gasteiger partial charge >= 0.3 is 5.97 Å². The molecule has 3 aromatic carbocycles. The molecule has 0 bridgehead atoms. The van der Waals surface area contributed by atoms with Crippen molar-refractivity contribution >= 4 is 17.8 Å². The lowest BCUT2D eigenvalue weighted by atomic mass is 9.97. The van der Waals surface area contributed by atoms with Gasteiger partial charge in [-0.3, -0.25) is 14.4 Å². The van der Waals surface area contributed by atoms with Crippen molar-refractivity contribution in [2.45, 2.75) is 63.6 Å². The molecule has 3 rings (SSSR count). The van der Waals surface area contributed by atoms with E-state index in [1.54, 1.807) is 6.08 Å². The summed E-state index contributed by atoms with van der Waals surface area (Å²) in [6.45, 7) is 7.63. The number of unbranched alkanes of at least 4 members (excludes halogenated alkanes) is 2. The van der Waals surface area contributed by atoms with Crippen LogP contribution in [0.25, 0.3) is 0 Å². The fourth-order valence-electron chi connectivity index (χ4n) is 4.91. The van der Waals surface area contributed by atoms with Crippen molar-refractivity contribution in [1.82, 2.24) is 10.6 Å². The van der Waals surface area contributed by atoms with Crippen LogP contribution in [0.15, 0.2) is 110 Å². The van der Waals surface area contributed by atoms with Crippen LogP contribution in [0.5, 0.6) is 5.75 Å². The molecule has 244 valence electrons. The maximum atomic E-state index is 13.4. The molecule has 3 aromatic rings. The Bertz CT molecular complexity index is 1360. The number of aliphatic hydroxyl groups excluding tert-OH is 1. The van der Waals surface area contributed by atoms with Crippen molar-refractivity contribution in [1.29, 1.82) is 0 Å². The number of amides is 2. The van der Waals surface area contributed by atoms with E-state index in [1.807, 2.05) is 91.0 Å². The largest absolute Gasteiger partial charge is 0.489 e. The second-order valence-corrected chi connectivity index (χ2v) is 11.2. The molecule has 0 unspecified atom stereocenters. The number of esters is 1. The summed E-state index contributed by atoms with van der Waals surface area (Å²) in [6.07, 6.45) is 6.70. The van der Waals surface area contributed by atoms with E-state index in [0.717, 1.165) is 35.3 Å². The van der Waals surface area contributed by atoms with Gasteiger partial charge in [-0.15, -0.1) is 13.2 Å².